The van der Waals surface area contributed by atoms with Crippen molar-refractivity contribution in [2.45, 2.75) is 44.7 Å². The van der Waals surface area contributed by atoms with Crippen molar-refractivity contribution in [2.24, 2.45) is 0 Å². The molecule has 1 N–H and O–H groups in total. The number of hydrogen-bond donors (Lipinski definition) is 1. The summed E-state index contributed by atoms with van der Waals surface area (Å²) in [6.45, 7) is 1.78. The first kappa shape index (κ1) is 13.9. The summed E-state index contributed by atoms with van der Waals surface area (Å²) in [5.74, 6) is 0.271. The monoisotopic (exact) mass is 286 g/mol. The van der Waals surface area contributed by atoms with Gasteiger partial charge in [-0.1, -0.05) is 0 Å². The van der Waals surface area contributed by atoms with Crippen LogP contribution in [-0.2, 0) is 11.3 Å². The van der Waals surface area contributed by atoms with Crippen molar-refractivity contribution >= 4 is 5.91 Å². The van der Waals surface area contributed by atoms with Crippen molar-refractivity contribution in [3.8, 4) is 0 Å². The molecule has 0 unspecified atom stereocenters. The Balaban J connectivity index is 1.56. The third kappa shape index (κ3) is 3.35. The van der Waals surface area contributed by atoms with E-state index in [1.165, 1.54) is 6.42 Å². The van der Waals surface area contributed by atoms with Gasteiger partial charge in [-0.05, 0) is 37.8 Å². The molecule has 0 bridgehead atoms. The molecular weight excluding hydrogens is 264 g/mol. The lowest BCUT2D eigenvalue weighted by atomic mass is 9.97. The summed E-state index contributed by atoms with van der Waals surface area (Å²) in [5, 5.41) is 6.88. The van der Waals surface area contributed by atoms with Crippen LogP contribution in [0.25, 0.3) is 0 Å². The van der Waals surface area contributed by atoms with Crippen LogP contribution in [0.15, 0.2) is 36.9 Å². The van der Waals surface area contributed by atoms with Crippen LogP contribution in [0.4, 0.5) is 0 Å². The van der Waals surface area contributed by atoms with E-state index in [0.29, 0.717) is 6.42 Å². The van der Waals surface area contributed by atoms with Crippen LogP contribution in [-0.4, -0.2) is 32.1 Å². The van der Waals surface area contributed by atoms with E-state index in [4.69, 9.17) is 0 Å². The van der Waals surface area contributed by atoms with Gasteiger partial charge >= 0.3 is 0 Å². The molecule has 5 heteroatoms. The summed E-state index contributed by atoms with van der Waals surface area (Å²) < 4.78 is 2.12. The van der Waals surface area contributed by atoms with E-state index in [2.05, 4.69) is 14.8 Å². The maximum absolute atomic E-state index is 12.5. The Hall–Kier alpha value is -2.04. The second-order valence-electron chi connectivity index (χ2n) is 5.65. The molecule has 1 aliphatic heterocycles. The van der Waals surface area contributed by atoms with Crippen LogP contribution in [0.1, 0.15) is 43.7 Å². The number of likely N-dealkylation sites (tertiary alicyclic amines) is 1. The average molecular weight is 286 g/mol. The zero-order valence-corrected chi connectivity index (χ0v) is 12.2. The minimum Gasteiger partial charge on any atom is -0.354 e. The van der Waals surface area contributed by atoms with E-state index in [0.717, 1.165) is 37.9 Å². The van der Waals surface area contributed by atoms with Crippen LogP contribution < -0.4 is 0 Å². The van der Waals surface area contributed by atoms with Crippen LogP contribution in [0.3, 0.4) is 0 Å². The SMILES string of the molecule is O=C(CCCn1cccc1)N1CCCC[C@@H]1c1cn[nH]c1. The molecule has 1 fully saturated rings. The maximum Gasteiger partial charge on any atom is 0.223 e. The molecular formula is C16H22N4O. The van der Waals surface area contributed by atoms with E-state index >= 15 is 0 Å². The number of amides is 1. The third-order valence-corrected chi connectivity index (χ3v) is 4.20. The lowest BCUT2D eigenvalue weighted by molar-refractivity contribution is -0.135. The van der Waals surface area contributed by atoms with E-state index in [-0.39, 0.29) is 11.9 Å². The summed E-state index contributed by atoms with van der Waals surface area (Å²) in [6.07, 6.45) is 12.7. The highest BCUT2D eigenvalue weighted by molar-refractivity contribution is 5.76. The first-order valence-corrected chi connectivity index (χ1v) is 7.73. The molecule has 0 aromatic carbocycles. The fraction of sp³-hybridized carbons (Fsp3) is 0.500. The number of nitrogens with zero attached hydrogens (tertiary/aromatic N) is 3. The second kappa shape index (κ2) is 6.61. The topological polar surface area (TPSA) is 53.9 Å². The molecule has 1 amide bonds. The van der Waals surface area contributed by atoms with Gasteiger partial charge in [-0.25, -0.2) is 0 Å². The first-order chi connectivity index (χ1) is 10.3. The number of H-pyrrole nitrogens is 1. The molecule has 1 aliphatic rings. The van der Waals surface area contributed by atoms with Gasteiger partial charge in [0.25, 0.3) is 0 Å². The van der Waals surface area contributed by atoms with E-state index in [1.54, 1.807) is 0 Å². The van der Waals surface area contributed by atoms with Gasteiger partial charge in [-0.2, -0.15) is 5.10 Å². The van der Waals surface area contributed by atoms with Crippen LogP contribution in [0.2, 0.25) is 0 Å². The van der Waals surface area contributed by atoms with Gasteiger partial charge in [0.1, 0.15) is 0 Å². The van der Waals surface area contributed by atoms with Crippen LogP contribution in [0.5, 0.6) is 0 Å². The molecule has 3 rings (SSSR count). The van der Waals surface area contributed by atoms with Crippen molar-refractivity contribution in [1.82, 2.24) is 19.7 Å². The predicted molar refractivity (Wildman–Crippen MR) is 80.6 cm³/mol. The molecule has 0 spiro atoms. The van der Waals surface area contributed by atoms with E-state index in [9.17, 15) is 4.79 Å². The number of carbonyl (C=O) groups excluding carboxylic acids is 1. The lowest BCUT2D eigenvalue weighted by Gasteiger charge is -2.35. The summed E-state index contributed by atoms with van der Waals surface area (Å²) in [5.41, 5.74) is 1.13. The van der Waals surface area contributed by atoms with Gasteiger partial charge in [-0.3, -0.25) is 9.89 Å². The van der Waals surface area contributed by atoms with Gasteiger partial charge in [0.05, 0.1) is 12.2 Å². The fourth-order valence-corrected chi connectivity index (χ4v) is 3.10. The van der Waals surface area contributed by atoms with Crippen LogP contribution in [0, 0.1) is 0 Å². The maximum atomic E-state index is 12.5. The number of nitrogens with one attached hydrogen (secondary N) is 1. The Bertz CT molecular complexity index is 547. The van der Waals surface area contributed by atoms with E-state index in [1.807, 2.05) is 41.8 Å². The standard InChI is InChI=1S/C16H22N4O/c21-16(7-5-10-19-8-3-4-9-19)20-11-2-1-6-15(20)14-12-17-18-13-14/h3-4,8-9,12-13,15H,1-2,5-7,10-11H2,(H,17,18)/t15-/m1/s1. The van der Waals surface area contributed by atoms with Gasteiger partial charge in [0.2, 0.25) is 5.91 Å². The van der Waals surface area contributed by atoms with Gasteiger partial charge in [-0.15, -0.1) is 0 Å². The number of aromatic nitrogens is 3. The Morgan fingerprint density at radius 2 is 2.19 bits per heavy atom. The highest BCUT2D eigenvalue weighted by Crippen LogP contribution is 2.30. The molecule has 0 radical (unpaired) electrons. The third-order valence-electron chi connectivity index (χ3n) is 4.20. The highest BCUT2D eigenvalue weighted by Gasteiger charge is 2.27. The highest BCUT2D eigenvalue weighted by atomic mass is 16.2. The lowest BCUT2D eigenvalue weighted by Crippen LogP contribution is -2.38. The quantitative estimate of drug-likeness (QED) is 0.919. The van der Waals surface area contributed by atoms with Gasteiger partial charge < -0.3 is 9.47 Å². The molecule has 1 saturated heterocycles. The average Bonchev–Trinajstić information content (AvgIpc) is 3.20. The predicted octanol–water partition coefficient (Wildman–Crippen LogP) is 2.75. The largest absolute Gasteiger partial charge is 0.354 e. The molecule has 3 heterocycles. The number of carbonyl (C=O) groups is 1. The Kier molecular flexibility index (Phi) is 4.38. The summed E-state index contributed by atoms with van der Waals surface area (Å²) in [6, 6.07) is 4.24. The van der Waals surface area contributed by atoms with Crippen molar-refractivity contribution in [3.63, 3.8) is 0 Å². The van der Waals surface area contributed by atoms with Gasteiger partial charge in [0.15, 0.2) is 0 Å². The van der Waals surface area contributed by atoms with Crippen molar-refractivity contribution in [3.05, 3.63) is 42.5 Å². The number of aromatic amines is 1. The summed E-state index contributed by atoms with van der Waals surface area (Å²) >= 11 is 0. The number of rotatable bonds is 5. The zero-order valence-electron chi connectivity index (χ0n) is 12.2. The summed E-state index contributed by atoms with van der Waals surface area (Å²) in [7, 11) is 0. The van der Waals surface area contributed by atoms with Crippen molar-refractivity contribution in [2.75, 3.05) is 6.54 Å². The van der Waals surface area contributed by atoms with Gasteiger partial charge in [0, 0.05) is 43.7 Å². The molecule has 112 valence electrons. The number of piperidine rings is 1. The Morgan fingerprint density at radius 1 is 1.33 bits per heavy atom. The smallest absolute Gasteiger partial charge is 0.223 e. The second-order valence-corrected chi connectivity index (χ2v) is 5.65. The normalized spacial score (nSPS) is 18.9. The molecule has 21 heavy (non-hydrogen) atoms. The number of hydrogen-bond acceptors (Lipinski definition) is 2. The van der Waals surface area contributed by atoms with Crippen molar-refractivity contribution in [1.29, 1.82) is 0 Å². The first-order valence-electron chi connectivity index (χ1n) is 7.73. The number of aryl methyl sites for hydroxylation is 1. The molecule has 0 saturated carbocycles. The Morgan fingerprint density at radius 3 is 2.95 bits per heavy atom. The van der Waals surface area contributed by atoms with Crippen LogP contribution >= 0.6 is 0 Å². The molecule has 5 nitrogen and oxygen atoms in total. The minimum atomic E-state index is 0.205. The zero-order chi connectivity index (χ0) is 14.5. The molecule has 0 aliphatic carbocycles. The molecule has 2 aromatic heterocycles. The minimum absolute atomic E-state index is 0.205. The van der Waals surface area contributed by atoms with E-state index < -0.39 is 0 Å². The molecule has 1 atom stereocenters. The van der Waals surface area contributed by atoms with Crippen molar-refractivity contribution < 1.29 is 4.79 Å². The fourth-order valence-electron chi connectivity index (χ4n) is 3.10. The summed E-state index contributed by atoms with van der Waals surface area (Å²) in [4.78, 5) is 14.6. The molecule has 2 aromatic rings. The Labute approximate surface area is 125 Å².